The Morgan fingerprint density at radius 3 is 2.35 bits per heavy atom. The van der Waals surface area contributed by atoms with Gasteiger partial charge in [-0.15, -0.1) is 11.3 Å². The van der Waals surface area contributed by atoms with Gasteiger partial charge in [-0.1, -0.05) is 0 Å². The minimum absolute atomic E-state index is 0.149. The number of hydrogen-bond acceptors (Lipinski definition) is 4. The van der Waals surface area contributed by atoms with Crippen molar-refractivity contribution in [1.29, 1.82) is 0 Å². The molecule has 0 radical (unpaired) electrons. The molecule has 2 rings (SSSR count). The molecule has 0 spiro atoms. The Morgan fingerprint density at radius 2 is 1.85 bits per heavy atom. The molecule has 0 amide bonds. The zero-order valence-corrected chi connectivity index (χ0v) is 14.3. The summed E-state index contributed by atoms with van der Waals surface area (Å²) in [4.78, 5) is 1.47. The van der Waals surface area contributed by atoms with Crippen LogP contribution in [0.25, 0.3) is 0 Å². The smallest absolute Gasteiger partial charge is 0.240 e. The molecule has 0 saturated carbocycles. The predicted molar refractivity (Wildman–Crippen MR) is 86.7 cm³/mol. The molecule has 108 valence electrons. The fraction of sp³-hybridized carbons (Fsp3) is 0.231. The summed E-state index contributed by atoms with van der Waals surface area (Å²) >= 11 is 5.18. The van der Waals surface area contributed by atoms with E-state index in [9.17, 15) is 8.42 Å². The van der Waals surface area contributed by atoms with Crippen molar-refractivity contribution in [3.8, 4) is 0 Å². The Bertz CT molecular complexity index is 681. The van der Waals surface area contributed by atoms with E-state index in [2.05, 4.69) is 32.9 Å². The summed E-state index contributed by atoms with van der Waals surface area (Å²) in [6.45, 7) is 2.06. The number of sulfonamides is 1. The second-order valence-electron chi connectivity index (χ2n) is 4.23. The Balaban J connectivity index is 2.14. The van der Waals surface area contributed by atoms with Crippen LogP contribution in [0, 0.1) is 0 Å². The molecule has 1 aromatic heterocycles. The Hall–Kier alpha value is -0.890. The fourth-order valence-electron chi connectivity index (χ4n) is 1.78. The predicted octanol–water partition coefficient (Wildman–Crippen LogP) is 3.59. The van der Waals surface area contributed by atoms with Gasteiger partial charge >= 0.3 is 0 Å². The molecule has 0 aliphatic carbocycles. The van der Waals surface area contributed by atoms with E-state index in [1.54, 1.807) is 35.6 Å². The van der Waals surface area contributed by atoms with Crippen molar-refractivity contribution in [2.24, 2.45) is 0 Å². The van der Waals surface area contributed by atoms with E-state index in [-0.39, 0.29) is 10.9 Å². The first-order valence-electron chi connectivity index (χ1n) is 5.97. The summed E-state index contributed by atoms with van der Waals surface area (Å²) in [5.41, 5.74) is 0.882. The number of halogens is 1. The van der Waals surface area contributed by atoms with Crippen molar-refractivity contribution in [1.82, 2.24) is 4.72 Å². The molecular formula is C13H15BrN2O2S2. The first kappa shape index (κ1) is 15.5. The first-order chi connectivity index (χ1) is 9.44. The van der Waals surface area contributed by atoms with E-state index >= 15 is 0 Å². The van der Waals surface area contributed by atoms with Gasteiger partial charge in [0.15, 0.2) is 0 Å². The quantitative estimate of drug-likeness (QED) is 0.840. The fourth-order valence-corrected chi connectivity index (χ4v) is 4.23. The lowest BCUT2D eigenvalue weighted by Crippen LogP contribution is -2.18. The Kier molecular flexibility index (Phi) is 4.85. The van der Waals surface area contributed by atoms with Gasteiger partial charge in [0, 0.05) is 15.0 Å². The number of benzene rings is 1. The van der Waals surface area contributed by atoms with E-state index in [1.807, 2.05) is 11.4 Å². The lowest BCUT2D eigenvalue weighted by Gasteiger charge is -2.15. The van der Waals surface area contributed by atoms with Gasteiger partial charge in [0.1, 0.15) is 0 Å². The number of anilines is 1. The SMILES string of the molecule is CNS(=O)(=O)c1ccc(NC(C)c2sccc2Br)cc1. The highest BCUT2D eigenvalue weighted by molar-refractivity contribution is 9.10. The zero-order chi connectivity index (χ0) is 14.8. The number of hydrogen-bond donors (Lipinski definition) is 2. The van der Waals surface area contributed by atoms with Gasteiger partial charge in [0.05, 0.1) is 10.9 Å². The molecule has 0 saturated heterocycles. The average molecular weight is 375 g/mol. The van der Waals surface area contributed by atoms with Gasteiger partial charge in [0.2, 0.25) is 10.0 Å². The lowest BCUT2D eigenvalue weighted by atomic mass is 10.2. The van der Waals surface area contributed by atoms with Crippen LogP contribution in [0.4, 0.5) is 5.69 Å². The summed E-state index contributed by atoms with van der Waals surface area (Å²) in [6.07, 6.45) is 0. The normalized spacial score (nSPS) is 13.2. The van der Waals surface area contributed by atoms with Crippen molar-refractivity contribution in [3.05, 3.63) is 45.1 Å². The van der Waals surface area contributed by atoms with E-state index in [0.717, 1.165) is 10.2 Å². The zero-order valence-electron chi connectivity index (χ0n) is 11.1. The van der Waals surface area contributed by atoms with Crippen LogP contribution < -0.4 is 10.0 Å². The largest absolute Gasteiger partial charge is 0.378 e. The third kappa shape index (κ3) is 3.41. The number of rotatable bonds is 5. The minimum Gasteiger partial charge on any atom is -0.378 e. The summed E-state index contributed by atoms with van der Waals surface area (Å²) in [6, 6.07) is 8.87. The molecule has 1 heterocycles. The molecule has 7 heteroatoms. The molecule has 0 aliphatic heterocycles. The summed E-state index contributed by atoms with van der Waals surface area (Å²) < 4.78 is 26.6. The molecule has 2 N–H and O–H groups in total. The molecule has 4 nitrogen and oxygen atoms in total. The molecule has 1 aromatic carbocycles. The van der Waals surface area contributed by atoms with E-state index < -0.39 is 10.0 Å². The highest BCUT2D eigenvalue weighted by atomic mass is 79.9. The standard InChI is InChI=1S/C13H15BrN2O2S2/c1-9(13-12(14)7-8-19-13)16-10-3-5-11(6-4-10)20(17,18)15-2/h3-9,15-16H,1-2H3. The van der Waals surface area contributed by atoms with Crippen LogP contribution in [0.5, 0.6) is 0 Å². The second kappa shape index (κ2) is 6.26. The Morgan fingerprint density at radius 1 is 1.20 bits per heavy atom. The van der Waals surface area contributed by atoms with Crippen LogP contribution in [0.3, 0.4) is 0 Å². The summed E-state index contributed by atoms with van der Waals surface area (Å²) in [7, 11) is -1.98. The van der Waals surface area contributed by atoms with Gasteiger partial charge in [-0.25, -0.2) is 13.1 Å². The average Bonchev–Trinajstić information content (AvgIpc) is 2.85. The third-order valence-electron chi connectivity index (χ3n) is 2.85. The second-order valence-corrected chi connectivity index (χ2v) is 7.92. The maximum atomic E-state index is 11.6. The third-order valence-corrected chi connectivity index (χ3v) is 6.34. The number of thiophene rings is 1. The summed E-state index contributed by atoms with van der Waals surface area (Å²) in [5.74, 6) is 0. The maximum absolute atomic E-state index is 11.6. The van der Waals surface area contributed by atoms with Crippen molar-refractivity contribution >= 4 is 43.0 Å². The van der Waals surface area contributed by atoms with Gasteiger partial charge in [-0.05, 0) is 65.6 Å². The van der Waals surface area contributed by atoms with Gasteiger partial charge in [0.25, 0.3) is 0 Å². The monoisotopic (exact) mass is 374 g/mol. The van der Waals surface area contributed by atoms with Crippen LogP contribution >= 0.6 is 27.3 Å². The molecule has 0 fully saturated rings. The van der Waals surface area contributed by atoms with Gasteiger partial charge < -0.3 is 5.32 Å². The molecule has 0 aliphatic rings. The van der Waals surface area contributed by atoms with E-state index in [4.69, 9.17) is 0 Å². The lowest BCUT2D eigenvalue weighted by molar-refractivity contribution is 0.588. The first-order valence-corrected chi connectivity index (χ1v) is 9.12. The number of nitrogens with one attached hydrogen (secondary N) is 2. The topological polar surface area (TPSA) is 58.2 Å². The van der Waals surface area contributed by atoms with E-state index in [0.29, 0.717) is 0 Å². The molecule has 20 heavy (non-hydrogen) atoms. The van der Waals surface area contributed by atoms with Gasteiger partial charge in [-0.3, -0.25) is 0 Å². The summed E-state index contributed by atoms with van der Waals surface area (Å²) in [5, 5.41) is 5.37. The highest BCUT2D eigenvalue weighted by Gasteiger charge is 2.13. The van der Waals surface area contributed by atoms with Crippen LogP contribution in [0.1, 0.15) is 17.8 Å². The molecule has 2 aromatic rings. The molecule has 0 bridgehead atoms. The highest BCUT2D eigenvalue weighted by Crippen LogP contribution is 2.31. The van der Waals surface area contributed by atoms with Crippen LogP contribution in [0.15, 0.2) is 45.1 Å². The van der Waals surface area contributed by atoms with Crippen molar-refractivity contribution in [2.45, 2.75) is 17.9 Å². The minimum atomic E-state index is -3.38. The van der Waals surface area contributed by atoms with Crippen LogP contribution in [-0.2, 0) is 10.0 Å². The molecular weight excluding hydrogens is 360 g/mol. The maximum Gasteiger partial charge on any atom is 0.240 e. The molecule has 1 atom stereocenters. The van der Waals surface area contributed by atoms with E-state index in [1.165, 1.54) is 11.9 Å². The van der Waals surface area contributed by atoms with Gasteiger partial charge in [-0.2, -0.15) is 0 Å². The van der Waals surface area contributed by atoms with Crippen molar-refractivity contribution in [2.75, 3.05) is 12.4 Å². The molecule has 1 unspecified atom stereocenters. The van der Waals surface area contributed by atoms with Crippen molar-refractivity contribution < 1.29 is 8.42 Å². The van der Waals surface area contributed by atoms with Crippen LogP contribution in [0.2, 0.25) is 0 Å². The van der Waals surface area contributed by atoms with Crippen molar-refractivity contribution in [3.63, 3.8) is 0 Å². The Labute approximate surface area is 131 Å². The van der Waals surface area contributed by atoms with Crippen LogP contribution in [-0.4, -0.2) is 15.5 Å².